The van der Waals surface area contributed by atoms with Crippen LogP contribution in [0.3, 0.4) is 0 Å². The molecule has 0 aromatic heterocycles. The van der Waals surface area contributed by atoms with Gasteiger partial charge in [-0.15, -0.1) is 0 Å². The zero-order valence-electron chi connectivity index (χ0n) is 19.2. The monoisotopic (exact) mass is 461 g/mol. The number of nitrogens with one attached hydrogen (secondary N) is 1. The number of hydrogen-bond donors (Lipinski definition) is 1. The largest absolute Gasteiger partial charge is 0.495 e. The van der Waals surface area contributed by atoms with E-state index in [9.17, 15) is 18.0 Å². The number of hydrogen-bond acceptors (Lipinski definition) is 5. The second-order valence-corrected chi connectivity index (χ2v) is 9.40. The first-order valence-electron chi connectivity index (χ1n) is 10.3. The first-order chi connectivity index (χ1) is 15.1. The summed E-state index contributed by atoms with van der Waals surface area (Å²) < 4.78 is 31.7. The Kier molecular flexibility index (Phi) is 8.65. The number of likely N-dealkylation sites (N-methyl/N-ethyl adjacent to an activating group) is 1. The van der Waals surface area contributed by atoms with Gasteiger partial charge in [0.2, 0.25) is 21.8 Å². The summed E-state index contributed by atoms with van der Waals surface area (Å²) in [6, 6.07) is 13.6. The first-order valence-corrected chi connectivity index (χ1v) is 12.1. The van der Waals surface area contributed by atoms with Crippen molar-refractivity contribution in [2.45, 2.75) is 32.9 Å². The van der Waals surface area contributed by atoms with Crippen LogP contribution in [0.25, 0.3) is 0 Å². The van der Waals surface area contributed by atoms with Crippen molar-refractivity contribution in [3.63, 3.8) is 0 Å². The molecule has 2 rings (SSSR count). The highest BCUT2D eigenvalue weighted by Crippen LogP contribution is 2.31. The summed E-state index contributed by atoms with van der Waals surface area (Å²) in [6.07, 6.45) is 1.42. The molecule has 8 nitrogen and oxygen atoms in total. The van der Waals surface area contributed by atoms with Crippen molar-refractivity contribution in [2.24, 2.45) is 0 Å². The fraction of sp³-hybridized carbons (Fsp3) is 0.391. The van der Waals surface area contributed by atoms with E-state index in [0.29, 0.717) is 12.2 Å². The highest BCUT2D eigenvalue weighted by molar-refractivity contribution is 7.92. The number of methoxy groups -OCH3 is 1. The van der Waals surface area contributed by atoms with Gasteiger partial charge in [0.25, 0.3) is 0 Å². The summed E-state index contributed by atoms with van der Waals surface area (Å²) in [5, 5.41) is 2.59. The average molecular weight is 462 g/mol. The standard InChI is InChI=1S/C23H31N3O5S/c1-6-19(23(28)24-3)25(15-18-10-8-7-9-11-18)22(27)16-26(32(5,29)30)20-14-17(2)12-13-21(20)31-4/h7-14,19H,6,15-16H2,1-5H3,(H,24,28)/t19-/m0/s1. The second kappa shape index (κ2) is 11.0. The number of benzene rings is 2. The molecule has 2 aromatic carbocycles. The third-order valence-electron chi connectivity index (χ3n) is 5.11. The van der Waals surface area contributed by atoms with Gasteiger partial charge in [0.1, 0.15) is 18.3 Å². The van der Waals surface area contributed by atoms with Crippen molar-refractivity contribution in [3.8, 4) is 5.75 Å². The maximum absolute atomic E-state index is 13.5. The van der Waals surface area contributed by atoms with Crippen molar-refractivity contribution < 1.29 is 22.7 Å². The molecule has 0 spiro atoms. The SMILES string of the molecule is CC[C@@H](C(=O)NC)N(Cc1ccccc1)C(=O)CN(c1cc(C)ccc1OC)S(C)(=O)=O. The lowest BCUT2D eigenvalue weighted by Gasteiger charge is -2.33. The van der Waals surface area contributed by atoms with Crippen molar-refractivity contribution in [1.29, 1.82) is 0 Å². The number of ether oxygens (including phenoxy) is 1. The Morgan fingerprint density at radius 1 is 1.12 bits per heavy atom. The van der Waals surface area contributed by atoms with E-state index in [1.165, 1.54) is 19.1 Å². The number of rotatable bonds is 10. The maximum atomic E-state index is 13.5. The van der Waals surface area contributed by atoms with Crippen LogP contribution in [0.15, 0.2) is 48.5 Å². The predicted octanol–water partition coefficient (Wildman–Crippen LogP) is 2.32. The normalized spacial score (nSPS) is 12.0. The molecule has 0 radical (unpaired) electrons. The molecule has 1 atom stereocenters. The molecular formula is C23H31N3O5S. The smallest absolute Gasteiger partial charge is 0.244 e. The van der Waals surface area contributed by atoms with Crippen LogP contribution in [-0.2, 0) is 26.2 Å². The molecule has 0 unspecified atom stereocenters. The van der Waals surface area contributed by atoms with Gasteiger partial charge in [0.15, 0.2) is 0 Å². The number of anilines is 1. The summed E-state index contributed by atoms with van der Waals surface area (Å²) in [5.41, 5.74) is 1.93. The molecule has 0 aliphatic rings. The summed E-state index contributed by atoms with van der Waals surface area (Å²) in [6.45, 7) is 3.35. The molecule has 2 aromatic rings. The highest BCUT2D eigenvalue weighted by Gasteiger charge is 2.32. The molecular weight excluding hydrogens is 430 g/mol. The van der Waals surface area contributed by atoms with E-state index in [4.69, 9.17) is 4.74 Å². The number of amides is 2. The minimum atomic E-state index is -3.82. The number of carbonyl (C=O) groups is 2. The van der Waals surface area contributed by atoms with Gasteiger partial charge in [0, 0.05) is 13.6 Å². The van der Waals surface area contributed by atoms with Crippen molar-refractivity contribution in [2.75, 3.05) is 31.3 Å². The van der Waals surface area contributed by atoms with E-state index in [1.807, 2.05) is 44.2 Å². The van der Waals surface area contributed by atoms with Gasteiger partial charge in [0.05, 0.1) is 19.1 Å². The number of aryl methyl sites for hydroxylation is 1. The molecule has 0 aliphatic carbocycles. The van der Waals surface area contributed by atoms with E-state index in [2.05, 4.69) is 5.32 Å². The molecule has 0 saturated carbocycles. The van der Waals surface area contributed by atoms with Gasteiger partial charge in [-0.05, 0) is 36.6 Å². The molecule has 0 bridgehead atoms. The van der Waals surface area contributed by atoms with E-state index >= 15 is 0 Å². The fourth-order valence-corrected chi connectivity index (χ4v) is 4.30. The van der Waals surface area contributed by atoms with Crippen LogP contribution < -0.4 is 14.4 Å². The Bertz CT molecular complexity index is 1040. The van der Waals surface area contributed by atoms with E-state index in [0.717, 1.165) is 21.7 Å². The van der Waals surface area contributed by atoms with Crippen LogP contribution in [0.2, 0.25) is 0 Å². The van der Waals surface area contributed by atoms with Gasteiger partial charge in [-0.3, -0.25) is 13.9 Å². The van der Waals surface area contributed by atoms with E-state index in [-0.39, 0.29) is 18.1 Å². The van der Waals surface area contributed by atoms with Crippen LogP contribution >= 0.6 is 0 Å². The lowest BCUT2D eigenvalue weighted by molar-refractivity contribution is -0.140. The summed E-state index contributed by atoms with van der Waals surface area (Å²) in [5.74, 6) is -0.462. The summed E-state index contributed by atoms with van der Waals surface area (Å²) >= 11 is 0. The third-order valence-corrected chi connectivity index (χ3v) is 6.24. The van der Waals surface area contributed by atoms with Crippen molar-refractivity contribution in [1.82, 2.24) is 10.2 Å². The third kappa shape index (κ3) is 6.23. The number of carbonyl (C=O) groups excluding carboxylic acids is 2. The summed E-state index contributed by atoms with van der Waals surface area (Å²) in [4.78, 5) is 27.4. The Hall–Kier alpha value is -3.07. The fourth-order valence-electron chi connectivity index (χ4n) is 3.46. The Balaban J connectivity index is 2.48. The van der Waals surface area contributed by atoms with Crippen LogP contribution in [0.5, 0.6) is 5.75 Å². The predicted molar refractivity (Wildman–Crippen MR) is 125 cm³/mol. The quantitative estimate of drug-likeness (QED) is 0.586. The molecule has 0 aliphatic heterocycles. The minimum absolute atomic E-state index is 0.175. The van der Waals surface area contributed by atoms with Crippen LogP contribution in [0.4, 0.5) is 5.69 Å². The first kappa shape index (κ1) is 25.2. The van der Waals surface area contributed by atoms with Crippen LogP contribution in [-0.4, -0.2) is 58.1 Å². The second-order valence-electron chi connectivity index (χ2n) is 7.49. The van der Waals surface area contributed by atoms with Gasteiger partial charge >= 0.3 is 0 Å². The van der Waals surface area contributed by atoms with E-state index < -0.39 is 28.5 Å². The molecule has 0 fully saturated rings. The lowest BCUT2D eigenvalue weighted by atomic mass is 10.1. The van der Waals surface area contributed by atoms with Gasteiger partial charge < -0.3 is 15.0 Å². The maximum Gasteiger partial charge on any atom is 0.244 e. The highest BCUT2D eigenvalue weighted by atomic mass is 32.2. The molecule has 2 amide bonds. The Morgan fingerprint density at radius 3 is 2.31 bits per heavy atom. The molecule has 1 N–H and O–H groups in total. The van der Waals surface area contributed by atoms with Crippen molar-refractivity contribution in [3.05, 3.63) is 59.7 Å². The van der Waals surface area contributed by atoms with Crippen LogP contribution in [0.1, 0.15) is 24.5 Å². The molecule has 32 heavy (non-hydrogen) atoms. The summed E-state index contributed by atoms with van der Waals surface area (Å²) in [7, 11) is -0.870. The zero-order chi connectivity index (χ0) is 23.9. The van der Waals surface area contributed by atoms with Gasteiger partial charge in [-0.25, -0.2) is 8.42 Å². The number of sulfonamides is 1. The average Bonchev–Trinajstić information content (AvgIpc) is 2.76. The molecule has 0 heterocycles. The lowest BCUT2D eigenvalue weighted by Crippen LogP contribution is -2.51. The van der Waals surface area contributed by atoms with Gasteiger partial charge in [-0.1, -0.05) is 43.3 Å². The number of nitrogens with zero attached hydrogens (tertiary/aromatic N) is 2. The van der Waals surface area contributed by atoms with E-state index in [1.54, 1.807) is 18.2 Å². The van der Waals surface area contributed by atoms with Crippen molar-refractivity contribution >= 4 is 27.5 Å². The minimum Gasteiger partial charge on any atom is -0.495 e. The Labute approximate surface area is 190 Å². The van der Waals surface area contributed by atoms with Gasteiger partial charge in [-0.2, -0.15) is 0 Å². The molecule has 174 valence electrons. The van der Waals surface area contributed by atoms with Crippen LogP contribution in [0, 0.1) is 6.92 Å². The molecule has 9 heteroatoms. The topological polar surface area (TPSA) is 96.0 Å². The Morgan fingerprint density at radius 2 is 1.78 bits per heavy atom. The molecule has 0 saturated heterocycles. The zero-order valence-corrected chi connectivity index (χ0v) is 20.0.